The van der Waals surface area contributed by atoms with Crippen LogP contribution in [0.15, 0.2) is 29.6 Å². The smallest absolute Gasteiger partial charge is 0.0735 e. The van der Waals surface area contributed by atoms with E-state index in [0.29, 0.717) is 0 Å². The van der Waals surface area contributed by atoms with Crippen molar-refractivity contribution in [2.45, 2.75) is 19.9 Å². The largest absolute Gasteiger partial charge is 0.271 e. The van der Waals surface area contributed by atoms with Gasteiger partial charge in [0.25, 0.3) is 0 Å². The first kappa shape index (κ1) is 12.6. The maximum Gasteiger partial charge on any atom is 0.0735 e. The highest BCUT2D eigenvalue weighted by Gasteiger charge is 2.18. The van der Waals surface area contributed by atoms with Crippen LogP contribution in [0.2, 0.25) is 5.02 Å². The summed E-state index contributed by atoms with van der Waals surface area (Å²) in [5.41, 5.74) is 6.13. The molecule has 0 saturated carbocycles. The van der Waals surface area contributed by atoms with Crippen molar-refractivity contribution < 1.29 is 0 Å². The Balaban J connectivity index is 2.50. The van der Waals surface area contributed by atoms with Crippen LogP contribution in [0.3, 0.4) is 0 Å². The molecule has 90 valence electrons. The highest BCUT2D eigenvalue weighted by atomic mass is 35.5. The second kappa shape index (κ2) is 5.19. The number of thiophene rings is 1. The van der Waals surface area contributed by atoms with Crippen molar-refractivity contribution in [3.05, 3.63) is 56.2 Å². The van der Waals surface area contributed by atoms with Crippen molar-refractivity contribution >= 4 is 22.9 Å². The standard InChI is InChI=1S/C13H15ClN2S/c1-8-4-3-5-11(12(8)14)13(16-15)10-6-7-17-9(10)2/h3-7,13,16H,15H2,1-2H3. The molecule has 0 amide bonds. The molecule has 3 N–H and O–H groups in total. The minimum Gasteiger partial charge on any atom is -0.271 e. The number of rotatable bonds is 3. The number of nitrogens with two attached hydrogens (primary N) is 1. The van der Waals surface area contributed by atoms with Crippen LogP contribution in [0.25, 0.3) is 0 Å². The number of halogens is 1. The third-order valence-electron chi connectivity index (χ3n) is 2.91. The van der Waals surface area contributed by atoms with Crippen LogP contribution in [0.5, 0.6) is 0 Å². The molecule has 17 heavy (non-hydrogen) atoms. The molecule has 0 bridgehead atoms. The molecule has 0 aliphatic heterocycles. The van der Waals surface area contributed by atoms with Crippen LogP contribution < -0.4 is 11.3 Å². The minimum atomic E-state index is -0.0475. The first-order chi connectivity index (χ1) is 8.15. The lowest BCUT2D eigenvalue weighted by molar-refractivity contribution is 0.636. The van der Waals surface area contributed by atoms with Gasteiger partial charge >= 0.3 is 0 Å². The Kier molecular flexibility index (Phi) is 3.84. The van der Waals surface area contributed by atoms with E-state index in [0.717, 1.165) is 16.1 Å². The Morgan fingerprint density at radius 2 is 2.00 bits per heavy atom. The Labute approximate surface area is 110 Å². The number of hydrogen-bond donors (Lipinski definition) is 2. The van der Waals surface area contributed by atoms with Crippen LogP contribution in [0, 0.1) is 13.8 Å². The quantitative estimate of drug-likeness (QED) is 0.658. The summed E-state index contributed by atoms with van der Waals surface area (Å²) in [5, 5.41) is 2.85. The van der Waals surface area contributed by atoms with E-state index in [9.17, 15) is 0 Å². The summed E-state index contributed by atoms with van der Waals surface area (Å²) in [6.45, 7) is 4.09. The molecule has 1 heterocycles. The maximum absolute atomic E-state index is 6.34. The highest BCUT2D eigenvalue weighted by molar-refractivity contribution is 7.10. The van der Waals surface area contributed by atoms with Gasteiger partial charge in [0.1, 0.15) is 0 Å². The Morgan fingerprint density at radius 3 is 2.59 bits per heavy atom. The molecule has 4 heteroatoms. The molecule has 1 aromatic heterocycles. The van der Waals surface area contributed by atoms with Crippen LogP contribution in [-0.2, 0) is 0 Å². The summed E-state index contributed by atoms with van der Waals surface area (Å²) in [5.74, 6) is 5.68. The summed E-state index contributed by atoms with van der Waals surface area (Å²) < 4.78 is 0. The highest BCUT2D eigenvalue weighted by Crippen LogP contribution is 2.32. The Hall–Kier alpha value is -0.870. The van der Waals surface area contributed by atoms with Gasteiger partial charge in [-0.3, -0.25) is 5.84 Å². The lowest BCUT2D eigenvalue weighted by Crippen LogP contribution is -2.29. The molecule has 1 atom stereocenters. The molecule has 2 rings (SSSR count). The van der Waals surface area contributed by atoms with E-state index < -0.39 is 0 Å². The van der Waals surface area contributed by atoms with Crippen molar-refractivity contribution in [3.8, 4) is 0 Å². The maximum atomic E-state index is 6.34. The third kappa shape index (κ3) is 2.38. The summed E-state index contributed by atoms with van der Waals surface area (Å²) in [4.78, 5) is 1.26. The fourth-order valence-corrected chi connectivity index (χ4v) is 2.91. The molecule has 2 nitrogen and oxygen atoms in total. The van der Waals surface area contributed by atoms with Crippen molar-refractivity contribution in [2.24, 2.45) is 5.84 Å². The van der Waals surface area contributed by atoms with Crippen molar-refractivity contribution in [3.63, 3.8) is 0 Å². The minimum absolute atomic E-state index is 0.0475. The number of hydrogen-bond acceptors (Lipinski definition) is 3. The predicted molar refractivity (Wildman–Crippen MR) is 74.4 cm³/mol. The third-order valence-corrected chi connectivity index (χ3v) is 4.29. The van der Waals surface area contributed by atoms with Gasteiger partial charge in [0.15, 0.2) is 0 Å². The molecular weight excluding hydrogens is 252 g/mol. The lowest BCUT2D eigenvalue weighted by atomic mass is 9.98. The van der Waals surface area contributed by atoms with Crippen LogP contribution in [0.1, 0.15) is 27.6 Å². The second-order valence-corrected chi connectivity index (χ2v) is 5.51. The molecule has 0 aliphatic rings. The summed E-state index contributed by atoms with van der Waals surface area (Å²) in [6, 6.07) is 8.05. The fraction of sp³-hybridized carbons (Fsp3) is 0.231. The number of aryl methyl sites for hydroxylation is 2. The van der Waals surface area contributed by atoms with E-state index in [4.69, 9.17) is 17.4 Å². The Bertz CT molecular complexity index is 522. The zero-order chi connectivity index (χ0) is 12.4. The molecular formula is C13H15ClN2S. The van der Waals surface area contributed by atoms with E-state index in [1.807, 2.05) is 25.1 Å². The molecule has 2 aromatic rings. The van der Waals surface area contributed by atoms with Gasteiger partial charge in [-0.05, 0) is 42.0 Å². The number of nitrogens with one attached hydrogen (secondary N) is 1. The Morgan fingerprint density at radius 1 is 1.24 bits per heavy atom. The monoisotopic (exact) mass is 266 g/mol. The number of benzene rings is 1. The average Bonchev–Trinajstić information content (AvgIpc) is 2.72. The zero-order valence-electron chi connectivity index (χ0n) is 9.83. The van der Waals surface area contributed by atoms with E-state index in [1.165, 1.54) is 10.4 Å². The van der Waals surface area contributed by atoms with E-state index in [-0.39, 0.29) is 6.04 Å². The van der Waals surface area contributed by atoms with Gasteiger partial charge in [0.05, 0.1) is 6.04 Å². The molecule has 0 fully saturated rings. The normalized spacial score (nSPS) is 12.7. The SMILES string of the molecule is Cc1cccc(C(NN)c2ccsc2C)c1Cl. The van der Waals surface area contributed by atoms with Gasteiger partial charge in [-0.15, -0.1) is 11.3 Å². The summed E-state index contributed by atoms with van der Waals surface area (Å²) in [6.07, 6.45) is 0. The van der Waals surface area contributed by atoms with Crippen molar-refractivity contribution in [2.75, 3.05) is 0 Å². The van der Waals surface area contributed by atoms with Crippen LogP contribution in [0.4, 0.5) is 0 Å². The van der Waals surface area contributed by atoms with Gasteiger partial charge in [0, 0.05) is 9.90 Å². The van der Waals surface area contributed by atoms with Crippen molar-refractivity contribution in [1.82, 2.24) is 5.43 Å². The van der Waals surface area contributed by atoms with E-state index >= 15 is 0 Å². The van der Waals surface area contributed by atoms with E-state index in [1.54, 1.807) is 11.3 Å². The van der Waals surface area contributed by atoms with Gasteiger partial charge in [-0.25, -0.2) is 5.43 Å². The molecule has 0 aliphatic carbocycles. The zero-order valence-corrected chi connectivity index (χ0v) is 11.4. The van der Waals surface area contributed by atoms with Gasteiger partial charge < -0.3 is 0 Å². The predicted octanol–water partition coefficient (Wildman–Crippen LogP) is 3.57. The fourth-order valence-electron chi connectivity index (χ4n) is 1.93. The van der Waals surface area contributed by atoms with Crippen LogP contribution >= 0.6 is 22.9 Å². The lowest BCUT2D eigenvalue weighted by Gasteiger charge is -2.18. The number of hydrazine groups is 1. The summed E-state index contributed by atoms with van der Waals surface area (Å²) in [7, 11) is 0. The van der Waals surface area contributed by atoms with Crippen molar-refractivity contribution in [1.29, 1.82) is 0 Å². The molecule has 0 spiro atoms. The van der Waals surface area contributed by atoms with Gasteiger partial charge in [0.2, 0.25) is 0 Å². The first-order valence-corrected chi connectivity index (χ1v) is 6.66. The van der Waals surface area contributed by atoms with Crippen LogP contribution in [-0.4, -0.2) is 0 Å². The van der Waals surface area contributed by atoms with E-state index in [2.05, 4.69) is 23.8 Å². The first-order valence-electron chi connectivity index (χ1n) is 5.40. The summed E-state index contributed by atoms with van der Waals surface area (Å²) >= 11 is 8.06. The van der Waals surface area contributed by atoms with Gasteiger partial charge in [-0.2, -0.15) is 0 Å². The molecule has 0 radical (unpaired) electrons. The van der Waals surface area contributed by atoms with Gasteiger partial charge in [-0.1, -0.05) is 29.8 Å². The molecule has 1 aromatic carbocycles. The second-order valence-electron chi connectivity index (χ2n) is 4.01. The topological polar surface area (TPSA) is 38.0 Å². The molecule has 1 unspecified atom stereocenters. The molecule has 0 saturated heterocycles. The average molecular weight is 267 g/mol.